The van der Waals surface area contributed by atoms with Crippen LogP contribution in [-0.4, -0.2) is 50.1 Å². The van der Waals surface area contributed by atoms with Gasteiger partial charge < -0.3 is 20.6 Å². The molecule has 0 aromatic heterocycles. The zero-order valence-electron chi connectivity index (χ0n) is 14.8. The summed E-state index contributed by atoms with van der Waals surface area (Å²) in [5.74, 6) is -1.39. The fourth-order valence-electron chi connectivity index (χ4n) is 3.78. The number of nitrogens with one attached hydrogen (secondary N) is 2. The molecule has 0 bridgehead atoms. The number of hydrogen-bond acceptors (Lipinski definition) is 4. The molecule has 140 valence electrons. The number of carboxylic acid groups (broad SMARTS) is 1. The lowest BCUT2D eigenvalue weighted by Crippen LogP contribution is -2.70. The minimum Gasteiger partial charge on any atom is -0.480 e. The number of carbonyl (C=O) groups excluding carboxylic acids is 2. The SMILES string of the molecule is CC1(C)S[C@@H]2[C@@H](NC(=O)Nc3cccc4ccccc34)C(=O)N2[C@@H]1C(=O)O. The van der Waals surface area contributed by atoms with Gasteiger partial charge in [-0.1, -0.05) is 36.4 Å². The maximum absolute atomic E-state index is 12.5. The number of thioether (sulfide) groups is 1. The number of anilines is 1. The predicted octanol–water partition coefficient (Wildman–Crippen LogP) is 2.48. The minimum absolute atomic E-state index is 0.362. The molecule has 2 aliphatic heterocycles. The summed E-state index contributed by atoms with van der Waals surface area (Å²) in [6.45, 7) is 3.60. The van der Waals surface area contributed by atoms with E-state index >= 15 is 0 Å². The molecule has 3 atom stereocenters. The lowest BCUT2D eigenvalue weighted by molar-refractivity contribution is -0.159. The van der Waals surface area contributed by atoms with Gasteiger partial charge in [-0.05, 0) is 25.3 Å². The largest absolute Gasteiger partial charge is 0.480 e. The van der Waals surface area contributed by atoms with E-state index in [2.05, 4.69) is 10.6 Å². The zero-order valence-corrected chi connectivity index (χ0v) is 15.6. The maximum atomic E-state index is 12.5. The van der Waals surface area contributed by atoms with Gasteiger partial charge in [0.05, 0.1) is 5.69 Å². The van der Waals surface area contributed by atoms with Gasteiger partial charge in [0.2, 0.25) is 5.91 Å². The van der Waals surface area contributed by atoms with E-state index in [1.54, 1.807) is 19.9 Å². The van der Waals surface area contributed by atoms with E-state index < -0.39 is 28.8 Å². The van der Waals surface area contributed by atoms with Gasteiger partial charge in [0.1, 0.15) is 17.5 Å². The molecule has 7 nitrogen and oxygen atoms in total. The molecule has 0 saturated carbocycles. The molecule has 2 fully saturated rings. The molecule has 0 unspecified atom stereocenters. The van der Waals surface area contributed by atoms with Crippen LogP contribution in [0.1, 0.15) is 13.8 Å². The van der Waals surface area contributed by atoms with Crippen LogP contribution in [0, 0.1) is 0 Å². The molecule has 27 heavy (non-hydrogen) atoms. The average molecular weight is 385 g/mol. The Balaban J connectivity index is 1.48. The number of benzene rings is 2. The topological polar surface area (TPSA) is 98.7 Å². The van der Waals surface area contributed by atoms with Gasteiger partial charge in [-0.15, -0.1) is 11.8 Å². The van der Waals surface area contributed by atoms with Crippen molar-refractivity contribution in [3.63, 3.8) is 0 Å². The van der Waals surface area contributed by atoms with Crippen LogP contribution >= 0.6 is 11.8 Å². The first-order chi connectivity index (χ1) is 12.8. The van der Waals surface area contributed by atoms with Crippen LogP contribution in [-0.2, 0) is 9.59 Å². The lowest BCUT2D eigenvalue weighted by atomic mass is 9.96. The van der Waals surface area contributed by atoms with Crippen LogP contribution in [0.3, 0.4) is 0 Å². The third-order valence-electron chi connectivity index (χ3n) is 5.00. The molecule has 8 heteroatoms. The van der Waals surface area contributed by atoms with Crippen molar-refractivity contribution in [3.05, 3.63) is 42.5 Å². The average Bonchev–Trinajstić information content (AvgIpc) is 2.88. The number of β-lactam (4-membered cyclic amide) rings is 1. The Bertz CT molecular complexity index is 956. The van der Waals surface area contributed by atoms with Gasteiger partial charge in [0.15, 0.2) is 0 Å². The number of rotatable bonds is 3. The van der Waals surface area contributed by atoms with E-state index in [0.717, 1.165) is 10.8 Å². The smallest absolute Gasteiger partial charge is 0.327 e. The molecular weight excluding hydrogens is 366 g/mol. The zero-order chi connectivity index (χ0) is 19.3. The van der Waals surface area contributed by atoms with E-state index in [4.69, 9.17) is 0 Å². The summed E-state index contributed by atoms with van der Waals surface area (Å²) >= 11 is 1.40. The Morgan fingerprint density at radius 3 is 2.59 bits per heavy atom. The first kappa shape index (κ1) is 17.7. The van der Waals surface area contributed by atoms with Gasteiger partial charge >= 0.3 is 12.0 Å². The van der Waals surface area contributed by atoms with Crippen LogP contribution in [0.15, 0.2) is 42.5 Å². The molecule has 3 N–H and O–H groups in total. The number of nitrogens with zero attached hydrogens (tertiary/aromatic N) is 1. The molecule has 0 spiro atoms. The standard InChI is InChI=1S/C19H19N3O4S/c1-19(2)14(17(24)25)22-15(23)13(16(22)27-19)21-18(26)20-12-9-5-7-10-6-3-4-8-11(10)12/h3-9,13-14,16H,1-2H3,(H,24,25)(H2,20,21,26)/t13-,14+,16+/m0/s1. The van der Waals surface area contributed by atoms with Crippen molar-refractivity contribution in [2.45, 2.75) is 36.1 Å². The fraction of sp³-hybridized carbons (Fsp3) is 0.316. The second kappa shape index (κ2) is 6.16. The quantitative estimate of drug-likeness (QED) is 0.705. The molecule has 2 aromatic rings. The highest BCUT2D eigenvalue weighted by atomic mass is 32.2. The van der Waals surface area contributed by atoms with Crippen molar-refractivity contribution in [1.29, 1.82) is 0 Å². The highest BCUT2D eigenvalue weighted by Gasteiger charge is 2.64. The van der Waals surface area contributed by atoms with E-state index in [0.29, 0.717) is 5.69 Å². The summed E-state index contributed by atoms with van der Waals surface area (Å²) < 4.78 is -0.616. The van der Waals surface area contributed by atoms with Gasteiger partial charge in [-0.25, -0.2) is 9.59 Å². The molecular formula is C19H19N3O4S. The third kappa shape index (κ3) is 2.80. The van der Waals surface area contributed by atoms with Gasteiger partial charge in [0, 0.05) is 10.1 Å². The molecule has 2 heterocycles. The van der Waals surface area contributed by atoms with E-state index in [9.17, 15) is 19.5 Å². The maximum Gasteiger partial charge on any atom is 0.327 e. The van der Waals surface area contributed by atoms with Gasteiger partial charge in [-0.2, -0.15) is 0 Å². The molecule has 2 aliphatic rings. The van der Waals surface area contributed by atoms with Crippen LogP contribution in [0.25, 0.3) is 10.8 Å². The molecule has 0 aliphatic carbocycles. The Kier molecular flexibility index (Phi) is 4.03. The van der Waals surface area contributed by atoms with Crippen LogP contribution in [0.4, 0.5) is 10.5 Å². The van der Waals surface area contributed by atoms with Gasteiger partial charge in [0.25, 0.3) is 0 Å². The summed E-state index contributed by atoms with van der Waals surface area (Å²) in [6, 6.07) is 11.2. The molecule has 2 aromatic carbocycles. The first-order valence-corrected chi connectivity index (χ1v) is 9.45. The molecule has 0 radical (unpaired) electrons. The second-order valence-corrected chi connectivity index (χ2v) is 8.97. The Labute approximate surface area is 160 Å². The number of fused-ring (bicyclic) bond motifs is 2. The first-order valence-electron chi connectivity index (χ1n) is 8.58. The van der Waals surface area contributed by atoms with Crippen molar-refractivity contribution >= 4 is 46.1 Å². The van der Waals surface area contributed by atoms with Crippen molar-refractivity contribution < 1.29 is 19.5 Å². The Morgan fingerprint density at radius 2 is 1.85 bits per heavy atom. The summed E-state index contributed by atoms with van der Waals surface area (Å²) in [5.41, 5.74) is 0.650. The second-order valence-electron chi connectivity index (χ2n) is 7.20. The highest BCUT2D eigenvalue weighted by molar-refractivity contribution is 8.01. The number of urea groups is 1. The lowest BCUT2D eigenvalue weighted by Gasteiger charge is -2.43. The summed E-state index contributed by atoms with van der Waals surface area (Å²) in [4.78, 5) is 37.8. The molecule has 4 rings (SSSR count). The molecule has 2 saturated heterocycles. The van der Waals surface area contributed by atoms with Crippen LogP contribution < -0.4 is 10.6 Å². The molecule has 3 amide bonds. The van der Waals surface area contributed by atoms with E-state index in [-0.39, 0.29) is 11.3 Å². The predicted molar refractivity (Wildman–Crippen MR) is 104 cm³/mol. The highest BCUT2D eigenvalue weighted by Crippen LogP contribution is 2.50. The van der Waals surface area contributed by atoms with Crippen molar-refractivity contribution in [2.75, 3.05) is 5.32 Å². The van der Waals surface area contributed by atoms with Crippen LogP contribution in [0.5, 0.6) is 0 Å². The van der Waals surface area contributed by atoms with E-state index in [1.165, 1.54) is 16.7 Å². The summed E-state index contributed by atoms with van der Waals surface area (Å²) in [6.07, 6.45) is 0. The van der Waals surface area contributed by atoms with Crippen LogP contribution in [0.2, 0.25) is 0 Å². The summed E-state index contributed by atoms with van der Waals surface area (Å²) in [7, 11) is 0. The number of carboxylic acids is 1. The van der Waals surface area contributed by atoms with Crippen molar-refractivity contribution in [3.8, 4) is 0 Å². The normalized spacial score (nSPS) is 25.6. The summed E-state index contributed by atoms with van der Waals surface area (Å²) in [5, 5.41) is 16.5. The fourth-order valence-corrected chi connectivity index (χ4v) is 5.40. The monoisotopic (exact) mass is 385 g/mol. The van der Waals surface area contributed by atoms with Crippen molar-refractivity contribution in [1.82, 2.24) is 10.2 Å². The number of hydrogen-bond donors (Lipinski definition) is 3. The number of amides is 3. The minimum atomic E-state index is -1.03. The third-order valence-corrected chi connectivity index (χ3v) is 6.57. The van der Waals surface area contributed by atoms with E-state index in [1.807, 2.05) is 36.4 Å². The Morgan fingerprint density at radius 1 is 1.15 bits per heavy atom. The van der Waals surface area contributed by atoms with Gasteiger partial charge in [-0.3, -0.25) is 4.79 Å². The number of aliphatic carboxylic acids is 1. The van der Waals surface area contributed by atoms with Crippen molar-refractivity contribution in [2.24, 2.45) is 0 Å². The Hall–Kier alpha value is -2.74. The number of carbonyl (C=O) groups is 3.